The van der Waals surface area contributed by atoms with Crippen LogP contribution in [-0.4, -0.2) is 87.4 Å². The van der Waals surface area contributed by atoms with Crippen molar-refractivity contribution in [2.75, 3.05) is 38.1 Å². The number of rotatable bonds is 2. The van der Waals surface area contributed by atoms with Crippen LogP contribution in [0, 0.1) is 0 Å². The first-order valence-electron chi connectivity index (χ1n) is 9.56. The molecular weight excluding hydrogens is 435 g/mol. The van der Waals surface area contributed by atoms with Gasteiger partial charge in [-0.1, -0.05) is 0 Å². The quantitative estimate of drug-likeness (QED) is 0.722. The topological polar surface area (TPSA) is 112 Å². The van der Waals surface area contributed by atoms with Crippen molar-refractivity contribution in [3.63, 3.8) is 0 Å². The van der Waals surface area contributed by atoms with Gasteiger partial charge in [0.1, 0.15) is 0 Å². The van der Waals surface area contributed by atoms with E-state index in [0.717, 1.165) is 12.1 Å². The van der Waals surface area contributed by atoms with E-state index in [4.69, 9.17) is 14.3 Å². The van der Waals surface area contributed by atoms with E-state index in [2.05, 4.69) is 10.00 Å². The van der Waals surface area contributed by atoms with Crippen LogP contribution in [0.1, 0.15) is 17.0 Å². The van der Waals surface area contributed by atoms with Crippen molar-refractivity contribution in [3.05, 3.63) is 36.5 Å². The average molecular weight is 457 g/mol. The number of aromatic nitrogens is 2. The van der Waals surface area contributed by atoms with Crippen molar-refractivity contribution >= 4 is 23.5 Å². The smallest absolute Gasteiger partial charge is 0.475 e. The molecule has 4 heterocycles. The van der Waals surface area contributed by atoms with Crippen molar-refractivity contribution in [3.8, 4) is 0 Å². The highest BCUT2D eigenvalue weighted by atomic mass is 19.4. The Balaban J connectivity index is 0.000000360. The second-order valence-electron chi connectivity index (χ2n) is 7.69. The molecular formula is C19H22F3N5O5. The van der Waals surface area contributed by atoms with Gasteiger partial charge in [0.05, 0.1) is 30.2 Å². The zero-order valence-corrected chi connectivity index (χ0v) is 17.4. The highest BCUT2D eigenvalue weighted by Gasteiger charge is 2.49. The van der Waals surface area contributed by atoms with Crippen LogP contribution >= 0.6 is 0 Å². The minimum Gasteiger partial charge on any atom is -0.475 e. The predicted octanol–water partition coefficient (Wildman–Crippen LogP) is 1.21. The second-order valence-corrected chi connectivity index (χ2v) is 7.69. The van der Waals surface area contributed by atoms with Gasteiger partial charge in [-0.3, -0.25) is 19.2 Å². The fraction of sp³-hybridized carbons (Fsp3) is 0.474. The van der Waals surface area contributed by atoms with Gasteiger partial charge < -0.3 is 19.3 Å². The Labute approximate surface area is 180 Å². The summed E-state index contributed by atoms with van der Waals surface area (Å²) in [6, 6.07) is 3.40. The lowest BCUT2D eigenvalue weighted by Gasteiger charge is -2.46. The van der Waals surface area contributed by atoms with Gasteiger partial charge in [0.15, 0.2) is 5.76 Å². The Hall–Kier alpha value is -3.35. The number of halogens is 3. The zero-order valence-electron chi connectivity index (χ0n) is 17.4. The Morgan fingerprint density at radius 3 is 2.47 bits per heavy atom. The third-order valence-corrected chi connectivity index (χ3v) is 5.53. The first-order chi connectivity index (χ1) is 14.9. The van der Waals surface area contributed by atoms with Crippen LogP contribution in [-0.2, 0) is 16.6 Å². The van der Waals surface area contributed by atoms with E-state index in [9.17, 15) is 22.8 Å². The summed E-state index contributed by atoms with van der Waals surface area (Å²) in [6.45, 7) is 2.11. The summed E-state index contributed by atoms with van der Waals surface area (Å²) in [5.74, 6) is -2.44. The number of aryl methyl sites for hydroxylation is 1. The molecule has 0 bridgehead atoms. The molecule has 2 aliphatic heterocycles. The number of nitrogens with zero attached hydrogens (tertiary/aromatic N) is 5. The number of carbonyl (C=O) groups is 3. The number of likely N-dealkylation sites (tertiary alicyclic amines) is 1. The molecule has 0 saturated carbocycles. The van der Waals surface area contributed by atoms with Gasteiger partial charge in [-0.15, -0.1) is 0 Å². The number of anilines is 1. The minimum atomic E-state index is -5.08. The van der Waals surface area contributed by atoms with Gasteiger partial charge in [-0.2, -0.15) is 18.3 Å². The highest BCUT2D eigenvalue weighted by Crippen LogP contribution is 2.33. The molecule has 1 atom stereocenters. The van der Waals surface area contributed by atoms with Crippen LogP contribution in [0.4, 0.5) is 18.9 Å². The maximum atomic E-state index is 12.6. The molecule has 2 amide bonds. The summed E-state index contributed by atoms with van der Waals surface area (Å²) < 4.78 is 38.7. The first kappa shape index (κ1) is 23.3. The maximum absolute atomic E-state index is 12.6. The summed E-state index contributed by atoms with van der Waals surface area (Å²) in [7, 11) is 3.79. The Morgan fingerprint density at radius 1 is 1.25 bits per heavy atom. The summed E-state index contributed by atoms with van der Waals surface area (Å²) in [5.41, 5.74) is 0.558. The monoisotopic (exact) mass is 457 g/mol. The van der Waals surface area contributed by atoms with E-state index in [0.29, 0.717) is 31.9 Å². The van der Waals surface area contributed by atoms with Crippen LogP contribution in [0.2, 0.25) is 0 Å². The molecule has 0 aromatic carbocycles. The van der Waals surface area contributed by atoms with Gasteiger partial charge in [-0.05, 0) is 25.6 Å². The fourth-order valence-electron chi connectivity index (χ4n) is 3.77. The van der Waals surface area contributed by atoms with Crippen molar-refractivity contribution < 1.29 is 37.1 Å². The molecule has 174 valence electrons. The van der Waals surface area contributed by atoms with E-state index in [1.165, 1.54) is 6.26 Å². The van der Waals surface area contributed by atoms with Crippen LogP contribution < -0.4 is 4.90 Å². The van der Waals surface area contributed by atoms with E-state index in [-0.39, 0.29) is 17.4 Å². The van der Waals surface area contributed by atoms with E-state index in [1.54, 1.807) is 27.9 Å². The van der Waals surface area contributed by atoms with Crippen molar-refractivity contribution in [2.24, 2.45) is 7.05 Å². The first-order valence-corrected chi connectivity index (χ1v) is 9.56. The lowest BCUT2D eigenvalue weighted by molar-refractivity contribution is -0.192. The molecule has 0 aliphatic carbocycles. The molecule has 2 aromatic rings. The molecule has 4 rings (SSSR count). The maximum Gasteiger partial charge on any atom is 0.490 e. The zero-order chi connectivity index (χ0) is 23.7. The number of carbonyl (C=O) groups excluding carboxylic acids is 2. The molecule has 1 unspecified atom stereocenters. The predicted molar refractivity (Wildman–Crippen MR) is 104 cm³/mol. The number of carboxylic acids is 1. The van der Waals surface area contributed by atoms with Crippen LogP contribution in [0.25, 0.3) is 0 Å². The SMILES string of the molecule is CN1CC(=O)N(c2cnn(C)c2)CC12CCN(C(=O)c1ccco1)C2.O=C(O)C(F)(F)F. The molecule has 32 heavy (non-hydrogen) atoms. The van der Waals surface area contributed by atoms with Crippen LogP contribution in [0.3, 0.4) is 0 Å². The Kier molecular flexibility index (Phi) is 6.30. The molecule has 2 saturated heterocycles. The highest BCUT2D eigenvalue weighted by molar-refractivity contribution is 5.96. The molecule has 1 N–H and O–H groups in total. The van der Waals surface area contributed by atoms with Gasteiger partial charge in [0.25, 0.3) is 5.91 Å². The number of aliphatic carboxylic acids is 1. The summed E-state index contributed by atoms with van der Waals surface area (Å²) >= 11 is 0. The molecule has 2 aromatic heterocycles. The number of alkyl halides is 3. The number of hydrogen-bond acceptors (Lipinski definition) is 6. The summed E-state index contributed by atoms with van der Waals surface area (Å²) in [4.78, 5) is 39.7. The van der Waals surface area contributed by atoms with Crippen molar-refractivity contribution in [2.45, 2.75) is 18.1 Å². The van der Waals surface area contributed by atoms with Crippen molar-refractivity contribution in [1.29, 1.82) is 0 Å². The minimum absolute atomic E-state index is 0.0527. The molecule has 0 radical (unpaired) electrons. The third-order valence-electron chi connectivity index (χ3n) is 5.53. The average Bonchev–Trinajstić information content (AvgIpc) is 3.46. The largest absolute Gasteiger partial charge is 0.490 e. The number of hydrogen-bond donors (Lipinski definition) is 1. The van der Waals surface area contributed by atoms with Crippen LogP contribution in [0.5, 0.6) is 0 Å². The molecule has 13 heteroatoms. The molecule has 2 aliphatic rings. The third kappa shape index (κ3) is 4.77. The number of furan rings is 1. The number of carboxylic acid groups (broad SMARTS) is 1. The fourth-order valence-corrected chi connectivity index (χ4v) is 3.77. The summed E-state index contributed by atoms with van der Waals surface area (Å²) in [6.07, 6.45) is 0.796. The lowest BCUT2D eigenvalue weighted by Crippen LogP contribution is -2.64. The molecule has 10 nitrogen and oxygen atoms in total. The van der Waals surface area contributed by atoms with E-state index < -0.39 is 12.1 Å². The molecule has 1 spiro atoms. The van der Waals surface area contributed by atoms with E-state index >= 15 is 0 Å². The Morgan fingerprint density at radius 2 is 1.94 bits per heavy atom. The van der Waals surface area contributed by atoms with E-state index in [1.807, 2.05) is 25.2 Å². The lowest BCUT2D eigenvalue weighted by atomic mass is 9.93. The number of likely N-dealkylation sites (N-methyl/N-ethyl adjacent to an activating group) is 1. The second kappa shape index (κ2) is 8.65. The number of piperazine rings is 1. The summed E-state index contributed by atoms with van der Waals surface area (Å²) in [5, 5.41) is 11.3. The van der Waals surface area contributed by atoms with Gasteiger partial charge in [0, 0.05) is 32.9 Å². The van der Waals surface area contributed by atoms with Gasteiger partial charge in [0.2, 0.25) is 5.91 Å². The number of amides is 2. The van der Waals surface area contributed by atoms with Crippen LogP contribution in [0.15, 0.2) is 35.2 Å². The van der Waals surface area contributed by atoms with Crippen molar-refractivity contribution in [1.82, 2.24) is 19.6 Å². The Bertz CT molecular complexity index is 990. The van der Waals surface area contributed by atoms with Gasteiger partial charge in [-0.25, -0.2) is 4.79 Å². The normalized spacial score (nSPS) is 21.6. The van der Waals surface area contributed by atoms with Gasteiger partial charge >= 0.3 is 12.1 Å². The standard InChI is InChI=1S/C17H21N5O3.C2HF3O2/c1-19-10-15(23)22(13-8-18-20(2)9-13)12-17(19)5-6-21(11-17)16(24)14-4-3-7-25-14;3-2(4,5)1(6)7/h3-4,7-9H,5-6,10-12H2,1-2H3;(H,6,7). The molecule has 2 fully saturated rings.